The number of aromatic nitrogens is 3. The van der Waals surface area contributed by atoms with Crippen LogP contribution in [0.5, 0.6) is 0 Å². The summed E-state index contributed by atoms with van der Waals surface area (Å²) in [7, 11) is 0. The molecule has 17 heavy (non-hydrogen) atoms. The molecule has 0 aromatic carbocycles. The van der Waals surface area contributed by atoms with Gasteiger partial charge in [0.2, 0.25) is 5.91 Å². The van der Waals surface area contributed by atoms with Crippen molar-refractivity contribution in [2.24, 2.45) is 0 Å². The smallest absolute Gasteiger partial charge is 0.221 e. The lowest BCUT2D eigenvalue weighted by Crippen LogP contribution is -2.44. The van der Waals surface area contributed by atoms with E-state index in [1.54, 1.807) is 11.0 Å². The van der Waals surface area contributed by atoms with Crippen LogP contribution in [0.2, 0.25) is 0 Å². The summed E-state index contributed by atoms with van der Waals surface area (Å²) >= 11 is 0. The van der Waals surface area contributed by atoms with Gasteiger partial charge in [-0.15, -0.1) is 0 Å². The molecule has 1 unspecified atom stereocenters. The molecule has 7 heteroatoms. The number of amides is 1. The fraction of sp³-hybridized carbons (Fsp3) is 0.700. The second-order valence-electron chi connectivity index (χ2n) is 4.34. The standard InChI is InChI=1S/C10H17N5O2/c16-9(1-4-15-8-12-7-14-15)13-6-10(17)2-3-11-5-10/h7-8,11,17H,1-6H2,(H,13,16). The van der Waals surface area contributed by atoms with E-state index in [9.17, 15) is 9.90 Å². The molecule has 7 nitrogen and oxygen atoms in total. The van der Waals surface area contributed by atoms with E-state index in [1.807, 2.05) is 0 Å². The van der Waals surface area contributed by atoms with Crippen molar-refractivity contribution in [3.8, 4) is 0 Å². The molecule has 3 N–H and O–H groups in total. The van der Waals surface area contributed by atoms with Gasteiger partial charge in [-0.25, -0.2) is 4.98 Å². The molecule has 2 heterocycles. The highest BCUT2D eigenvalue weighted by atomic mass is 16.3. The Balaban J connectivity index is 1.67. The Morgan fingerprint density at radius 2 is 2.53 bits per heavy atom. The first-order valence-electron chi connectivity index (χ1n) is 5.70. The van der Waals surface area contributed by atoms with E-state index in [0.717, 1.165) is 6.54 Å². The van der Waals surface area contributed by atoms with Gasteiger partial charge in [-0.3, -0.25) is 9.48 Å². The van der Waals surface area contributed by atoms with Crippen molar-refractivity contribution < 1.29 is 9.90 Å². The monoisotopic (exact) mass is 239 g/mol. The molecule has 0 spiro atoms. The van der Waals surface area contributed by atoms with E-state index in [-0.39, 0.29) is 5.91 Å². The number of carbonyl (C=O) groups excluding carboxylic acids is 1. The summed E-state index contributed by atoms with van der Waals surface area (Å²) < 4.78 is 1.60. The Kier molecular flexibility index (Phi) is 3.70. The maximum Gasteiger partial charge on any atom is 0.221 e. The molecule has 1 atom stereocenters. The number of carbonyl (C=O) groups is 1. The largest absolute Gasteiger partial charge is 0.387 e. The minimum Gasteiger partial charge on any atom is -0.387 e. The fourth-order valence-corrected chi connectivity index (χ4v) is 1.80. The van der Waals surface area contributed by atoms with Crippen LogP contribution in [0.25, 0.3) is 0 Å². The average Bonchev–Trinajstić information content (AvgIpc) is 2.95. The van der Waals surface area contributed by atoms with Gasteiger partial charge in [0.05, 0.1) is 12.1 Å². The number of aliphatic hydroxyl groups is 1. The van der Waals surface area contributed by atoms with Crippen LogP contribution in [0.4, 0.5) is 0 Å². The molecule has 1 aliphatic rings. The third kappa shape index (κ3) is 3.50. The Hall–Kier alpha value is -1.47. The highest BCUT2D eigenvalue weighted by molar-refractivity contribution is 5.75. The molecule has 1 saturated heterocycles. The molecule has 1 aromatic heterocycles. The molecule has 2 rings (SSSR count). The average molecular weight is 239 g/mol. The van der Waals surface area contributed by atoms with Gasteiger partial charge in [-0.1, -0.05) is 0 Å². The Labute approximate surface area is 99.2 Å². The molecule has 94 valence electrons. The minimum atomic E-state index is -0.789. The summed E-state index contributed by atoms with van der Waals surface area (Å²) in [6, 6.07) is 0. The lowest BCUT2D eigenvalue weighted by molar-refractivity contribution is -0.122. The quantitative estimate of drug-likeness (QED) is 0.582. The molecule has 1 amide bonds. The van der Waals surface area contributed by atoms with Crippen molar-refractivity contribution in [1.82, 2.24) is 25.4 Å². The predicted molar refractivity (Wildman–Crippen MR) is 60.1 cm³/mol. The van der Waals surface area contributed by atoms with Crippen LogP contribution in [-0.4, -0.2) is 51.0 Å². The molecule has 0 saturated carbocycles. The third-order valence-corrected chi connectivity index (χ3v) is 2.87. The zero-order chi connectivity index (χ0) is 12.1. The molecule has 1 aromatic rings. The summed E-state index contributed by atoms with van der Waals surface area (Å²) in [5.41, 5.74) is -0.789. The maximum atomic E-state index is 11.5. The molecule has 0 radical (unpaired) electrons. The molecular weight excluding hydrogens is 222 g/mol. The molecule has 0 aliphatic carbocycles. The Morgan fingerprint density at radius 3 is 3.18 bits per heavy atom. The summed E-state index contributed by atoms with van der Waals surface area (Å²) in [5.74, 6) is -0.0826. The number of hydrogen-bond acceptors (Lipinski definition) is 5. The van der Waals surface area contributed by atoms with E-state index in [4.69, 9.17) is 0 Å². The third-order valence-electron chi connectivity index (χ3n) is 2.87. The van der Waals surface area contributed by atoms with E-state index >= 15 is 0 Å². The first kappa shape index (κ1) is 12.0. The van der Waals surface area contributed by atoms with E-state index in [1.165, 1.54) is 6.33 Å². The topological polar surface area (TPSA) is 92.1 Å². The van der Waals surface area contributed by atoms with Crippen molar-refractivity contribution in [2.75, 3.05) is 19.6 Å². The highest BCUT2D eigenvalue weighted by Gasteiger charge is 2.31. The maximum absolute atomic E-state index is 11.5. The van der Waals surface area contributed by atoms with Crippen LogP contribution < -0.4 is 10.6 Å². The van der Waals surface area contributed by atoms with Gasteiger partial charge in [0.1, 0.15) is 12.7 Å². The summed E-state index contributed by atoms with van der Waals surface area (Å²) in [5, 5.41) is 19.7. The van der Waals surface area contributed by atoms with Crippen molar-refractivity contribution in [1.29, 1.82) is 0 Å². The Morgan fingerprint density at radius 1 is 1.65 bits per heavy atom. The van der Waals surface area contributed by atoms with E-state index in [2.05, 4.69) is 20.7 Å². The van der Waals surface area contributed by atoms with Gasteiger partial charge in [-0.05, 0) is 13.0 Å². The number of hydrogen-bond donors (Lipinski definition) is 3. The van der Waals surface area contributed by atoms with Gasteiger partial charge in [0.25, 0.3) is 0 Å². The van der Waals surface area contributed by atoms with Gasteiger partial charge < -0.3 is 15.7 Å². The minimum absolute atomic E-state index is 0.0826. The molecule has 0 bridgehead atoms. The highest BCUT2D eigenvalue weighted by Crippen LogP contribution is 2.12. The lowest BCUT2D eigenvalue weighted by atomic mass is 10.0. The van der Waals surface area contributed by atoms with Crippen LogP contribution in [0.3, 0.4) is 0 Å². The fourth-order valence-electron chi connectivity index (χ4n) is 1.80. The van der Waals surface area contributed by atoms with Crippen LogP contribution in [0, 0.1) is 0 Å². The Bertz CT molecular complexity index is 359. The normalized spacial score (nSPS) is 23.8. The van der Waals surface area contributed by atoms with Gasteiger partial charge in [0, 0.05) is 19.5 Å². The van der Waals surface area contributed by atoms with Gasteiger partial charge >= 0.3 is 0 Å². The summed E-state index contributed by atoms with van der Waals surface area (Å²) in [6.07, 6.45) is 4.02. The first-order chi connectivity index (χ1) is 8.18. The van der Waals surface area contributed by atoms with Crippen molar-refractivity contribution in [3.05, 3.63) is 12.7 Å². The molecule has 1 fully saturated rings. The zero-order valence-electron chi connectivity index (χ0n) is 9.59. The van der Waals surface area contributed by atoms with Gasteiger partial charge in [-0.2, -0.15) is 5.10 Å². The first-order valence-corrected chi connectivity index (χ1v) is 5.70. The molecule has 1 aliphatic heterocycles. The second kappa shape index (κ2) is 5.24. The lowest BCUT2D eigenvalue weighted by Gasteiger charge is -2.21. The number of nitrogens with zero attached hydrogens (tertiary/aromatic N) is 3. The van der Waals surface area contributed by atoms with E-state index in [0.29, 0.717) is 32.5 Å². The zero-order valence-corrected chi connectivity index (χ0v) is 9.59. The SMILES string of the molecule is O=C(CCn1cncn1)NCC1(O)CCNC1. The van der Waals surface area contributed by atoms with E-state index < -0.39 is 5.60 Å². The number of β-amino-alcohol motifs (C(OH)–C–C–N with tert-alkyl or cyclic N) is 1. The van der Waals surface area contributed by atoms with Crippen molar-refractivity contribution in [2.45, 2.75) is 25.0 Å². The number of nitrogens with one attached hydrogen (secondary N) is 2. The predicted octanol–water partition coefficient (Wildman–Crippen LogP) is -1.49. The number of aryl methyl sites for hydroxylation is 1. The van der Waals surface area contributed by atoms with Crippen LogP contribution in [-0.2, 0) is 11.3 Å². The summed E-state index contributed by atoms with van der Waals surface area (Å²) in [4.78, 5) is 15.3. The van der Waals surface area contributed by atoms with Crippen LogP contribution >= 0.6 is 0 Å². The molecular formula is C10H17N5O2. The van der Waals surface area contributed by atoms with Crippen LogP contribution in [0.1, 0.15) is 12.8 Å². The second-order valence-corrected chi connectivity index (χ2v) is 4.34. The van der Waals surface area contributed by atoms with Crippen LogP contribution in [0.15, 0.2) is 12.7 Å². The van der Waals surface area contributed by atoms with Crippen molar-refractivity contribution >= 4 is 5.91 Å². The summed E-state index contributed by atoms with van der Waals surface area (Å²) in [6.45, 7) is 2.14. The number of rotatable bonds is 5. The van der Waals surface area contributed by atoms with Crippen molar-refractivity contribution in [3.63, 3.8) is 0 Å². The van der Waals surface area contributed by atoms with Gasteiger partial charge in [0.15, 0.2) is 0 Å².